The summed E-state index contributed by atoms with van der Waals surface area (Å²) >= 11 is 0. The SMILES string of the molecule is COc1ccc(F)cc1C(=O)NCC1(C(=O)O)CCCCC1. The van der Waals surface area contributed by atoms with Gasteiger partial charge in [0.1, 0.15) is 11.6 Å². The van der Waals surface area contributed by atoms with E-state index in [9.17, 15) is 19.1 Å². The summed E-state index contributed by atoms with van der Waals surface area (Å²) in [5, 5.41) is 12.1. The maximum Gasteiger partial charge on any atom is 0.311 e. The average molecular weight is 309 g/mol. The topological polar surface area (TPSA) is 75.6 Å². The van der Waals surface area contributed by atoms with Crippen molar-refractivity contribution >= 4 is 11.9 Å². The molecule has 0 spiro atoms. The first kappa shape index (κ1) is 16.3. The molecule has 0 bridgehead atoms. The number of nitrogens with one attached hydrogen (secondary N) is 1. The summed E-state index contributed by atoms with van der Waals surface area (Å²) in [6.45, 7) is 0.0425. The van der Waals surface area contributed by atoms with Gasteiger partial charge in [-0.15, -0.1) is 0 Å². The van der Waals surface area contributed by atoms with Crippen molar-refractivity contribution in [1.29, 1.82) is 0 Å². The Morgan fingerprint density at radius 3 is 2.59 bits per heavy atom. The number of carboxylic acid groups (broad SMARTS) is 1. The summed E-state index contributed by atoms with van der Waals surface area (Å²) in [5.74, 6) is -1.70. The Labute approximate surface area is 128 Å². The van der Waals surface area contributed by atoms with E-state index in [4.69, 9.17) is 4.74 Å². The molecule has 1 aromatic rings. The molecule has 0 heterocycles. The number of rotatable bonds is 5. The van der Waals surface area contributed by atoms with Crippen LogP contribution in [0, 0.1) is 11.2 Å². The summed E-state index contributed by atoms with van der Waals surface area (Å²) in [6.07, 6.45) is 3.78. The number of halogens is 1. The van der Waals surface area contributed by atoms with E-state index in [0.717, 1.165) is 25.3 Å². The minimum absolute atomic E-state index is 0.0425. The first-order chi connectivity index (χ1) is 10.5. The van der Waals surface area contributed by atoms with Crippen LogP contribution >= 0.6 is 0 Å². The quantitative estimate of drug-likeness (QED) is 0.876. The van der Waals surface area contributed by atoms with Crippen LogP contribution < -0.4 is 10.1 Å². The van der Waals surface area contributed by atoms with E-state index in [0.29, 0.717) is 12.8 Å². The Kier molecular flexibility index (Phi) is 5.00. The van der Waals surface area contributed by atoms with Gasteiger partial charge in [0, 0.05) is 6.54 Å². The number of hydrogen-bond donors (Lipinski definition) is 2. The molecule has 0 aliphatic heterocycles. The fourth-order valence-corrected chi connectivity index (χ4v) is 2.90. The van der Waals surface area contributed by atoms with E-state index in [-0.39, 0.29) is 17.9 Å². The molecule has 1 saturated carbocycles. The van der Waals surface area contributed by atoms with Crippen LogP contribution in [-0.4, -0.2) is 30.6 Å². The number of benzene rings is 1. The van der Waals surface area contributed by atoms with E-state index in [2.05, 4.69) is 5.32 Å². The summed E-state index contributed by atoms with van der Waals surface area (Å²) in [4.78, 5) is 23.8. The lowest BCUT2D eigenvalue weighted by atomic mass is 9.74. The van der Waals surface area contributed by atoms with Crippen LogP contribution in [0.4, 0.5) is 4.39 Å². The number of methoxy groups -OCH3 is 1. The zero-order chi connectivity index (χ0) is 16.2. The van der Waals surface area contributed by atoms with Crippen LogP contribution in [0.2, 0.25) is 0 Å². The largest absolute Gasteiger partial charge is 0.496 e. The van der Waals surface area contributed by atoms with Gasteiger partial charge in [-0.25, -0.2) is 4.39 Å². The Morgan fingerprint density at radius 2 is 2.00 bits per heavy atom. The predicted octanol–water partition coefficient (Wildman–Crippen LogP) is 2.60. The Morgan fingerprint density at radius 1 is 1.32 bits per heavy atom. The van der Waals surface area contributed by atoms with Gasteiger partial charge in [-0.05, 0) is 31.0 Å². The van der Waals surface area contributed by atoms with Gasteiger partial charge in [-0.3, -0.25) is 9.59 Å². The lowest BCUT2D eigenvalue weighted by Crippen LogP contribution is -2.44. The fourth-order valence-electron chi connectivity index (χ4n) is 2.90. The van der Waals surface area contributed by atoms with Gasteiger partial charge >= 0.3 is 5.97 Å². The van der Waals surface area contributed by atoms with Crippen molar-refractivity contribution in [3.05, 3.63) is 29.6 Å². The van der Waals surface area contributed by atoms with Crippen molar-refractivity contribution in [3.8, 4) is 5.75 Å². The smallest absolute Gasteiger partial charge is 0.311 e. The molecule has 0 aromatic heterocycles. The Hall–Kier alpha value is -2.11. The number of carbonyl (C=O) groups is 2. The summed E-state index contributed by atoms with van der Waals surface area (Å²) in [7, 11) is 1.39. The van der Waals surface area contributed by atoms with Crippen molar-refractivity contribution in [1.82, 2.24) is 5.32 Å². The molecule has 6 heteroatoms. The highest BCUT2D eigenvalue weighted by molar-refractivity contribution is 5.97. The third-order valence-corrected chi connectivity index (χ3v) is 4.26. The Balaban J connectivity index is 2.11. The van der Waals surface area contributed by atoms with E-state index in [1.165, 1.54) is 19.2 Å². The normalized spacial score (nSPS) is 16.8. The molecule has 2 N–H and O–H groups in total. The van der Waals surface area contributed by atoms with E-state index >= 15 is 0 Å². The molecule has 1 aromatic carbocycles. The zero-order valence-electron chi connectivity index (χ0n) is 12.5. The summed E-state index contributed by atoms with van der Waals surface area (Å²) < 4.78 is 18.4. The van der Waals surface area contributed by atoms with Crippen LogP contribution in [0.15, 0.2) is 18.2 Å². The third kappa shape index (κ3) is 3.37. The molecule has 0 unspecified atom stereocenters. The van der Waals surface area contributed by atoms with Crippen LogP contribution in [-0.2, 0) is 4.79 Å². The number of carboxylic acids is 1. The van der Waals surface area contributed by atoms with Crippen molar-refractivity contribution in [3.63, 3.8) is 0 Å². The average Bonchev–Trinajstić information content (AvgIpc) is 2.53. The van der Waals surface area contributed by atoms with Gasteiger partial charge in [0.2, 0.25) is 0 Å². The molecule has 0 saturated heterocycles. The molecule has 0 radical (unpaired) electrons. The van der Waals surface area contributed by atoms with E-state index in [1.807, 2.05) is 0 Å². The number of hydrogen-bond acceptors (Lipinski definition) is 3. The van der Waals surface area contributed by atoms with Crippen molar-refractivity contribution in [2.75, 3.05) is 13.7 Å². The molecule has 22 heavy (non-hydrogen) atoms. The van der Waals surface area contributed by atoms with Crippen LogP contribution in [0.5, 0.6) is 5.75 Å². The molecule has 1 aliphatic rings. The zero-order valence-corrected chi connectivity index (χ0v) is 12.5. The van der Waals surface area contributed by atoms with Crippen molar-refractivity contribution in [2.45, 2.75) is 32.1 Å². The standard InChI is InChI=1S/C16H20FNO4/c1-22-13-6-5-11(17)9-12(13)14(19)18-10-16(15(20)21)7-3-2-4-8-16/h5-6,9H,2-4,7-8,10H2,1H3,(H,18,19)(H,20,21). The second-order valence-electron chi connectivity index (χ2n) is 5.67. The molecular weight excluding hydrogens is 289 g/mol. The van der Waals surface area contributed by atoms with Gasteiger partial charge in [0.05, 0.1) is 18.1 Å². The molecule has 1 amide bonds. The lowest BCUT2D eigenvalue weighted by Gasteiger charge is -2.33. The molecular formula is C16H20FNO4. The number of amides is 1. The van der Waals surface area contributed by atoms with Crippen molar-refractivity contribution < 1.29 is 23.8 Å². The molecule has 2 rings (SSSR count). The highest BCUT2D eigenvalue weighted by atomic mass is 19.1. The minimum Gasteiger partial charge on any atom is -0.496 e. The maximum absolute atomic E-state index is 13.3. The number of carbonyl (C=O) groups excluding carboxylic acids is 1. The lowest BCUT2D eigenvalue weighted by molar-refractivity contribution is -0.150. The van der Waals surface area contributed by atoms with Gasteiger partial charge in [-0.1, -0.05) is 19.3 Å². The Bertz CT molecular complexity index is 567. The first-order valence-electron chi connectivity index (χ1n) is 7.34. The van der Waals surface area contributed by atoms with E-state index in [1.54, 1.807) is 0 Å². The number of aliphatic carboxylic acids is 1. The maximum atomic E-state index is 13.3. The van der Waals surface area contributed by atoms with Crippen LogP contribution in [0.3, 0.4) is 0 Å². The molecule has 0 atom stereocenters. The second-order valence-corrected chi connectivity index (χ2v) is 5.67. The van der Waals surface area contributed by atoms with Crippen molar-refractivity contribution in [2.24, 2.45) is 5.41 Å². The van der Waals surface area contributed by atoms with Crippen LogP contribution in [0.25, 0.3) is 0 Å². The van der Waals surface area contributed by atoms with E-state index < -0.39 is 23.1 Å². The monoisotopic (exact) mass is 309 g/mol. The molecule has 120 valence electrons. The second kappa shape index (κ2) is 6.77. The molecule has 5 nitrogen and oxygen atoms in total. The highest BCUT2D eigenvalue weighted by Gasteiger charge is 2.39. The summed E-state index contributed by atoms with van der Waals surface area (Å²) in [6, 6.07) is 3.66. The first-order valence-corrected chi connectivity index (χ1v) is 7.34. The predicted molar refractivity (Wildman–Crippen MR) is 78.4 cm³/mol. The van der Waals surface area contributed by atoms with Gasteiger partial charge in [-0.2, -0.15) is 0 Å². The van der Waals surface area contributed by atoms with Gasteiger partial charge < -0.3 is 15.2 Å². The summed E-state index contributed by atoms with van der Waals surface area (Å²) in [5.41, 5.74) is -0.854. The third-order valence-electron chi connectivity index (χ3n) is 4.26. The highest BCUT2D eigenvalue weighted by Crippen LogP contribution is 2.36. The van der Waals surface area contributed by atoms with Gasteiger partial charge in [0.15, 0.2) is 0 Å². The molecule has 1 fully saturated rings. The number of ether oxygens (including phenoxy) is 1. The molecule has 1 aliphatic carbocycles. The van der Waals surface area contributed by atoms with Gasteiger partial charge in [0.25, 0.3) is 5.91 Å². The fraction of sp³-hybridized carbons (Fsp3) is 0.500. The van der Waals surface area contributed by atoms with Crippen LogP contribution in [0.1, 0.15) is 42.5 Å². The minimum atomic E-state index is -0.922.